The zero-order chi connectivity index (χ0) is 23.1. The molecular formula is C17H17F2N3O6S3. The molecule has 1 aromatic heterocycles. The van der Waals surface area contributed by atoms with Crippen LogP contribution in [-0.4, -0.2) is 47.7 Å². The second-order valence-electron chi connectivity index (χ2n) is 6.02. The first-order chi connectivity index (χ1) is 14.5. The number of amides is 1. The number of ether oxygens (including phenoxy) is 1. The van der Waals surface area contributed by atoms with Gasteiger partial charge >= 0.3 is 6.61 Å². The average molecular weight is 494 g/mol. The van der Waals surface area contributed by atoms with Gasteiger partial charge in [-0.1, -0.05) is 24.3 Å². The first kappa shape index (κ1) is 24.7. The molecule has 0 fully saturated rings. The number of sulfonamides is 1. The topological polar surface area (TPSA) is 142 Å². The molecule has 0 aliphatic carbocycles. The summed E-state index contributed by atoms with van der Waals surface area (Å²) in [6.45, 7) is -3.65. The lowest BCUT2D eigenvalue weighted by atomic mass is 10.2. The fraction of sp³-hybridized carbons (Fsp3) is 0.294. The summed E-state index contributed by atoms with van der Waals surface area (Å²) in [4.78, 5) is 12.3. The predicted octanol–water partition coefficient (Wildman–Crippen LogP) is 1.25. The molecule has 9 nitrogen and oxygen atoms in total. The third kappa shape index (κ3) is 7.55. The summed E-state index contributed by atoms with van der Waals surface area (Å²) in [6.07, 6.45) is 0. The van der Waals surface area contributed by atoms with Gasteiger partial charge < -0.3 is 10.1 Å². The number of hydrogen-bond donors (Lipinski definition) is 2. The van der Waals surface area contributed by atoms with Crippen molar-refractivity contribution in [3.8, 4) is 11.8 Å². The maximum Gasteiger partial charge on any atom is 0.387 e. The van der Waals surface area contributed by atoms with E-state index >= 15 is 0 Å². The summed E-state index contributed by atoms with van der Waals surface area (Å²) in [6, 6.07) is 7.81. The van der Waals surface area contributed by atoms with Crippen molar-refractivity contribution < 1.29 is 35.1 Å². The lowest BCUT2D eigenvalue weighted by Gasteiger charge is -2.18. The Morgan fingerprint density at radius 2 is 1.87 bits per heavy atom. The van der Waals surface area contributed by atoms with Gasteiger partial charge in [-0.3, -0.25) is 4.79 Å². The number of nitrogens with one attached hydrogen (secondary N) is 2. The van der Waals surface area contributed by atoms with Crippen molar-refractivity contribution in [2.75, 3.05) is 12.3 Å². The van der Waals surface area contributed by atoms with E-state index in [-0.39, 0.29) is 15.5 Å². The molecule has 0 aliphatic rings. The molecule has 31 heavy (non-hydrogen) atoms. The van der Waals surface area contributed by atoms with Gasteiger partial charge in [-0.05, 0) is 17.5 Å². The van der Waals surface area contributed by atoms with Gasteiger partial charge in [0.05, 0.1) is 17.6 Å². The second kappa shape index (κ2) is 10.6. The van der Waals surface area contributed by atoms with Crippen LogP contribution < -0.4 is 14.8 Å². The van der Waals surface area contributed by atoms with Crippen molar-refractivity contribution in [2.24, 2.45) is 0 Å². The Labute approximate surface area is 181 Å². The quantitative estimate of drug-likeness (QED) is 0.449. The van der Waals surface area contributed by atoms with E-state index in [9.17, 15) is 30.4 Å². The van der Waals surface area contributed by atoms with Gasteiger partial charge in [0.2, 0.25) is 5.91 Å². The molecule has 0 aliphatic heterocycles. The third-order valence-electron chi connectivity index (χ3n) is 3.70. The van der Waals surface area contributed by atoms with E-state index in [2.05, 4.69) is 10.1 Å². The zero-order valence-electron chi connectivity index (χ0n) is 15.7. The number of nitriles is 1. The molecule has 1 aromatic carbocycles. The number of carbonyl (C=O) groups is 1. The van der Waals surface area contributed by atoms with E-state index in [0.717, 1.165) is 17.4 Å². The molecule has 1 heterocycles. The first-order valence-corrected chi connectivity index (χ1v) is 12.7. The van der Waals surface area contributed by atoms with Gasteiger partial charge in [0.1, 0.15) is 22.5 Å². The molecule has 0 unspecified atom stereocenters. The van der Waals surface area contributed by atoms with Crippen molar-refractivity contribution >= 4 is 37.1 Å². The van der Waals surface area contributed by atoms with E-state index in [1.807, 2.05) is 4.72 Å². The van der Waals surface area contributed by atoms with Gasteiger partial charge in [0.25, 0.3) is 10.0 Å². The number of halogens is 2. The van der Waals surface area contributed by atoms with Gasteiger partial charge in [-0.25, -0.2) is 16.8 Å². The Kier molecular flexibility index (Phi) is 8.45. The van der Waals surface area contributed by atoms with Crippen molar-refractivity contribution in [3.05, 3.63) is 47.3 Å². The summed E-state index contributed by atoms with van der Waals surface area (Å²) in [5, 5.41) is 12.2. The van der Waals surface area contributed by atoms with Crippen LogP contribution in [0.3, 0.4) is 0 Å². The number of benzene rings is 1. The van der Waals surface area contributed by atoms with Crippen LogP contribution in [0.2, 0.25) is 0 Å². The van der Waals surface area contributed by atoms with Gasteiger partial charge in [-0.15, -0.1) is 11.3 Å². The minimum Gasteiger partial charge on any atom is -0.435 e. The van der Waals surface area contributed by atoms with Crippen LogP contribution in [0.4, 0.5) is 8.78 Å². The first-order valence-electron chi connectivity index (χ1n) is 8.48. The number of carbonyl (C=O) groups excluding carboxylic acids is 1. The highest BCUT2D eigenvalue weighted by atomic mass is 32.2. The smallest absolute Gasteiger partial charge is 0.387 e. The van der Waals surface area contributed by atoms with Crippen LogP contribution in [0.15, 0.2) is 46.0 Å². The number of nitrogens with zero attached hydrogens (tertiary/aromatic N) is 1. The van der Waals surface area contributed by atoms with E-state index in [1.165, 1.54) is 35.7 Å². The van der Waals surface area contributed by atoms with Crippen molar-refractivity contribution in [1.82, 2.24) is 10.0 Å². The van der Waals surface area contributed by atoms with E-state index in [4.69, 9.17) is 5.26 Å². The Morgan fingerprint density at radius 1 is 1.16 bits per heavy atom. The summed E-state index contributed by atoms with van der Waals surface area (Å²) in [7, 11) is -8.41. The monoisotopic (exact) mass is 493 g/mol. The van der Waals surface area contributed by atoms with E-state index in [1.54, 1.807) is 6.07 Å². The highest BCUT2D eigenvalue weighted by Crippen LogP contribution is 2.23. The van der Waals surface area contributed by atoms with Crippen LogP contribution >= 0.6 is 11.3 Å². The molecule has 2 rings (SSSR count). The molecule has 0 bridgehead atoms. The largest absolute Gasteiger partial charge is 0.435 e. The molecule has 1 atom stereocenters. The van der Waals surface area contributed by atoms with Gasteiger partial charge in [-0.2, -0.15) is 18.8 Å². The van der Waals surface area contributed by atoms with Crippen LogP contribution in [0, 0.1) is 11.3 Å². The number of sulfone groups is 1. The number of thiophene rings is 1. The fourth-order valence-electron chi connectivity index (χ4n) is 2.46. The lowest BCUT2D eigenvalue weighted by molar-refractivity contribution is -0.122. The Balaban J connectivity index is 2.27. The molecular weight excluding hydrogens is 476 g/mol. The van der Waals surface area contributed by atoms with Gasteiger partial charge in [0, 0.05) is 5.56 Å². The lowest BCUT2D eigenvalue weighted by Crippen LogP contribution is -2.50. The fourth-order valence-corrected chi connectivity index (χ4v) is 6.34. The minimum absolute atomic E-state index is 0.0832. The van der Waals surface area contributed by atoms with Crippen LogP contribution in [0.25, 0.3) is 0 Å². The standard InChI is InChI=1S/C17H17F2N3O6S3/c18-17(19)28-14-5-2-1-4-12(14)10-30(24,25)11-13(16(23)21-8-7-20)22-31(26,27)15-6-3-9-29-15/h1-6,9,13,17,22H,8,10-11H2,(H,21,23)/t13-/m0/s1. The summed E-state index contributed by atoms with van der Waals surface area (Å²) in [5.41, 5.74) is -0.0832. The van der Waals surface area contributed by atoms with Crippen LogP contribution in [0.5, 0.6) is 5.75 Å². The molecule has 14 heteroatoms. The number of rotatable bonds is 11. The number of para-hydroxylation sites is 1. The Morgan fingerprint density at radius 3 is 2.48 bits per heavy atom. The molecule has 0 saturated heterocycles. The molecule has 0 spiro atoms. The van der Waals surface area contributed by atoms with E-state index in [0.29, 0.717) is 0 Å². The van der Waals surface area contributed by atoms with Crippen LogP contribution in [0.1, 0.15) is 5.56 Å². The summed E-state index contributed by atoms with van der Waals surface area (Å²) >= 11 is 0.858. The third-order valence-corrected chi connectivity index (χ3v) is 8.16. The highest BCUT2D eigenvalue weighted by molar-refractivity contribution is 7.92. The Bertz CT molecular complexity index is 1150. The molecule has 2 N–H and O–H groups in total. The summed E-state index contributed by atoms with van der Waals surface area (Å²) < 4.78 is 81.6. The molecule has 0 radical (unpaired) electrons. The minimum atomic E-state index is -4.22. The maximum atomic E-state index is 12.7. The normalized spacial score (nSPS) is 12.8. The SMILES string of the molecule is N#CCNC(=O)[C@H](CS(=O)(=O)Cc1ccccc1OC(F)F)NS(=O)(=O)c1cccs1. The zero-order valence-corrected chi connectivity index (χ0v) is 18.1. The van der Waals surface area contributed by atoms with Crippen molar-refractivity contribution in [3.63, 3.8) is 0 Å². The van der Waals surface area contributed by atoms with Crippen molar-refractivity contribution in [1.29, 1.82) is 5.26 Å². The molecule has 1 amide bonds. The van der Waals surface area contributed by atoms with Crippen LogP contribution in [-0.2, 0) is 30.4 Å². The average Bonchev–Trinajstić information content (AvgIpc) is 3.22. The number of alkyl halides is 2. The highest BCUT2D eigenvalue weighted by Gasteiger charge is 2.31. The van der Waals surface area contributed by atoms with Crippen molar-refractivity contribution in [2.45, 2.75) is 22.6 Å². The number of hydrogen-bond acceptors (Lipinski definition) is 8. The Hall–Kier alpha value is -2.60. The van der Waals surface area contributed by atoms with Gasteiger partial charge in [0.15, 0.2) is 9.84 Å². The molecule has 2 aromatic rings. The maximum absolute atomic E-state index is 12.7. The molecule has 0 saturated carbocycles. The molecule has 168 valence electrons. The second-order valence-corrected chi connectivity index (χ2v) is 11.0. The summed E-state index contributed by atoms with van der Waals surface area (Å²) in [5.74, 6) is -3.13. The van der Waals surface area contributed by atoms with E-state index < -0.39 is 56.5 Å². The predicted molar refractivity (Wildman–Crippen MR) is 108 cm³/mol.